The van der Waals surface area contributed by atoms with Gasteiger partial charge in [-0.2, -0.15) is 0 Å². The lowest BCUT2D eigenvalue weighted by molar-refractivity contribution is -0.135. The highest BCUT2D eigenvalue weighted by Crippen LogP contribution is 2.29. The third-order valence-corrected chi connectivity index (χ3v) is 6.11. The van der Waals surface area contributed by atoms with Crippen LogP contribution in [0.3, 0.4) is 0 Å². The van der Waals surface area contributed by atoms with Crippen molar-refractivity contribution in [2.24, 2.45) is 0 Å². The summed E-state index contributed by atoms with van der Waals surface area (Å²) in [5, 5.41) is 6.70. The van der Waals surface area contributed by atoms with Crippen LogP contribution in [0.1, 0.15) is 42.3 Å². The molecule has 0 saturated carbocycles. The van der Waals surface area contributed by atoms with Crippen LogP contribution < -0.4 is 10.6 Å². The van der Waals surface area contributed by atoms with Crippen LogP contribution in [-0.2, 0) is 22.5 Å². The highest BCUT2D eigenvalue weighted by molar-refractivity contribution is 5.76. The molecule has 4 heterocycles. The molecule has 0 radical (unpaired) electrons. The molecule has 0 aromatic carbocycles. The van der Waals surface area contributed by atoms with E-state index in [9.17, 15) is 4.79 Å². The molecule has 154 valence electrons. The molecule has 3 aliphatic rings. The van der Waals surface area contributed by atoms with E-state index in [1.54, 1.807) is 0 Å². The smallest absolute Gasteiger partial charge is 0.224 e. The van der Waals surface area contributed by atoms with E-state index in [-0.39, 0.29) is 5.91 Å². The summed E-state index contributed by atoms with van der Waals surface area (Å²) in [6.45, 7) is 7.38. The van der Waals surface area contributed by atoms with Crippen LogP contribution in [-0.4, -0.2) is 85.2 Å². The molecule has 0 bridgehead atoms. The SMILES string of the molecule is CNc1nc(C2CCNCC2)nc2c1CCN(CCC(=O)N1CCOCC1)C2. The largest absolute Gasteiger partial charge is 0.378 e. The molecule has 28 heavy (non-hydrogen) atoms. The van der Waals surface area contributed by atoms with Crippen molar-refractivity contribution in [2.45, 2.75) is 38.1 Å². The first-order valence-electron chi connectivity index (χ1n) is 10.6. The lowest BCUT2D eigenvalue weighted by Gasteiger charge is -2.31. The molecule has 0 spiro atoms. The summed E-state index contributed by atoms with van der Waals surface area (Å²) >= 11 is 0. The van der Waals surface area contributed by atoms with Crippen LogP contribution in [0, 0.1) is 0 Å². The number of fused-ring (bicyclic) bond motifs is 1. The lowest BCUT2D eigenvalue weighted by atomic mass is 9.96. The first-order valence-corrected chi connectivity index (χ1v) is 10.6. The molecule has 0 aliphatic carbocycles. The second-order valence-electron chi connectivity index (χ2n) is 7.90. The molecule has 2 saturated heterocycles. The number of nitrogens with zero attached hydrogens (tertiary/aromatic N) is 4. The molecular weight excluding hydrogens is 356 g/mol. The first-order chi connectivity index (χ1) is 13.7. The number of anilines is 1. The van der Waals surface area contributed by atoms with Gasteiger partial charge in [0, 0.05) is 57.7 Å². The molecule has 8 heteroatoms. The Bertz CT molecular complexity index is 686. The minimum Gasteiger partial charge on any atom is -0.378 e. The molecule has 1 amide bonds. The maximum Gasteiger partial charge on any atom is 0.224 e. The topological polar surface area (TPSA) is 82.6 Å². The predicted octanol–water partition coefficient (Wildman–Crippen LogP) is 0.592. The van der Waals surface area contributed by atoms with Crippen LogP contribution in [0.15, 0.2) is 0 Å². The summed E-state index contributed by atoms with van der Waals surface area (Å²) in [4.78, 5) is 26.6. The third kappa shape index (κ3) is 4.45. The number of carbonyl (C=O) groups is 1. The minimum atomic E-state index is 0.239. The summed E-state index contributed by atoms with van der Waals surface area (Å²) in [5.41, 5.74) is 2.38. The molecule has 3 aliphatic heterocycles. The van der Waals surface area contributed by atoms with E-state index in [1.807, 2.05) is 11.9 Å². The quantitative estimate of drug-likeness (QED) is 0.764. The van der Waals surface area contributed by atoms with Gasteiger partial charge in [0.05, 0.1) is 18.9 Å². The maximum absolute atomic E-state index is 12.4. The lowest BCUT2D eigenvalue weighted by Crippen LogP contribution is -2.42. The minimum absolute atomic E-state index is 0.239. The number of carbonyl (C=O) groups excluding carboxylic acids is 1. The van der Waals surface area contributed by atoms with E-state index in [4.69, 9.17) is 14.7 Å². The van der Waals surface area contributed by atoms with Crippen molar-refractivity contribution in [3.63, 3.8) is 0 Å². The Hall–Kier alpha value is -1.77. The highest BCUT2D eigenvalue weighted by Gasteiger charge is 2.26. The molecule has 1 aromatic rings. The van der Waals surface area contributed by atoms with E-state index in [2.05, 4.69) is 15.5 Å². The van der Waals surface area contributed by atoms with E-state index in [0.29, 0.717) is 25.6 Å². The summed E-state index contributed by atoms with van der Waals surface area (Å²) in [6, 6.07) is 0. The molecular formula is C20H32N6O2. The number of ether oxygens (including phenoxy) is 1. The number of morpholine rings is 1. The Labute approximate surface area is 167 Å². The van der Waals surface area contributed by atoms with E-state index < -0.39 is 0 Å². The molecule has 0 atom stereocenters. The fourth-order valence-electron chi connectivity index (χ4n) is 4.39. The molecule has 2 N–H and O–H groups in total. The van der Waals surface area contributed by atoms with Crippen LogP contribution in [0.5, 0.6) is 0 Å². The molecule has 8 nitrogen and oxygen atoms in total. The second kappa shape index (κ2) is 9.15. The fourth-order valence-corrected chi connectivity index (χ4v) is 4.39. The average Bonchev–Trinajstić information content (AvgIpc) is 2.77. The van der Waals surface area contributed by atoms with Gasteiger partial charge in [0.25, 0.3) is 0 Å². The Balaban J connectivity index is 1.41. The predicted molar refractivity (Wildman–Crippen MR) is 107 cm³/mol. The van der Waals surface area contributed by atoms with Gasteiger partial charge < -0.3 is 20.3 Å². The van der Waals surface area contributed by atoms with E-state index in [1.165, 1.54) is 5.56 Å². The van der Waals surface area contributed by atoms with Crippen molar-refractivity contribution in [1.82, 2.24) is 25.1 Å². The Kier molecular flexibility index (Phi) is 6.39. The first kappa shape index (κ1) is 19.5. The maximum atomic E-state index is 12.4. The summed E-state index contributed by atoms with van der Waals surface area (Å²) in [5.74, 6) is 2.65. The van der Waals surface area contributed by atoms with Gasteiger partial charge in [-0.3, -0.25) is 9.69 Å². The number of piperidine rings is 1. The van der Waals surface area contributed by atoms with Gasteiger partial charge in [-0.15, -0.1) is 0 Å². The molecule has 2 fully saturated rings. The zero-order valence-corrected chi connectivity index (χ0v) is 16.9. The Morgan fingerprint density at radius 2 is 2.00 bits per heavy atom. The molecule has 0 unspecified atom stereocenters. The van der Waals surface area contributed by atoms with Gasteiger partial charge in [-0.25, -0.2) is 9.97 Å². The second-order valence-corrected chi connectivity index (χ2v) is 7.90. The number of nitrogens with one attached hydrogen (secondary N) is 2. The summed E-state index contributed by atoms with van der Waals surface area (Å²) in [7, 11) is 1.95. The van der Waals surface area contributed by atoms with Crippen LogP contribution in [0.4, 0.5) is 5.82 Å². The molecule has 4 rings (SSSR count). The van der Waals surface area contributed by atoms with Crippen molar-refractivity contribution in [3.8, 4) is 0 Å². The van der Waals surface area contributed by atoms with Crippen molar-refractivity contribution < 1.29 is 9.53 Å². The van der Waals surface area contributed by atoms with Gasteiger partial charge in [0.1, 0.15) is 11.6 Å². The third-order valence-electron chi connectivity index (χ3n) is 6.11. The van der Waals surface area contributed by atoms with Crippen LogP contribution in [0.25, 0.3) is 0 Å². The number of hydrogen-bond acceptors (Lipinski definition) is 7. The van der Waals surface area contributed by atoms with E-state index in [0.717, 1.165) is 82.4 Å². The number of hydrogen-bond donors (Lipinski definition) is 2. The van der Waals surface area contributed by atoms with Crippen LogP contribution >= 0.6 is 0 Å². The summed E-state index contributed by atoms with van der Waals surface area (Å²) in [6.07, 6.45) is 3.70. The Morgan fingerprint density at radius 3 is 2.75 bits per heavy atom. The number of amides is 1. The van der Waals surface area contributed by atoms with Gasteiger partial charge >= 0.3 is 0 Å². The zero-order valence-electron chi connectivity index (χ0n) is 16.9. The normalized spacial score (nSPS) is 21.4. The number of rotatable bonds is 5. The number of aromatic nitrogens is 2. The zero-order chi connectivity index (χ0) is 19.3. The van der Waals surface area contributed by atoms with Gasteiger partial charge in [-0.1, -0.05) is 0 Å². The van der Waals surface area contributed by atoms with Crippen molar-refractivity contribution >= 4 is 11.7 Å². The fraction of sp³-hybridized carbons (Fsp3) is 0.750. The highest BCUT2D eigenvalue weighted by atomic mass is 16.5. The van der Waals surface area contributed by atoms with Crippen molar-refractivity contribution in [3.05, 3.63) is 17.1 Å². The van der Waals surface area contributed by atoms with E-state index >= 15 is 0 Å². The van der Waals surface area contributed by atoms with Gasteiger partial charge in [0.15, 0.2) is 0 Å². The summed E-state index contributed by atoms with van der Waals surface area (Å²) < 4.78 is 5.34. The van der Waals surface area contributed by atoms with Gasteiger partial charge in [-0.05, 0) is 32.4 Å². The van der Waals surface area contributed by atoms with Gasteiger partial charge in [0.2, 0.25) is 5.91 Å². The van der Waals surface area contributed by atoms with Crippen LogP contribution in [0.2, 0.25) is 0 Å². The molecule has 1 aromatic heterocycles. The van der Waals surface area contributed by atoms with Crippen molar-refractivity contribution in [1.29, 1.82) is 0 Å². The van der Waals surface area contributed by atoms with Crippen molar-refractivity contribution in [2.75, 3.05) is 64.8 Å². The monoisotopic (exact) mass is 388 g/mol. The average molecular weight is 389 g/mol. The standard InChI is InChI=1S/C20H32N6O2/c1-21-20-16-4-8-25(9-5-18(27)26-10-12-28-13-11-26)14-17(16)23-19(24-20)15-2-6-22-7-3-15/h15,22H,2-14H2,1H3,(H,21,23,24). The Morgan fingerprint density at radius 1 is 1.21 bits per heavy atom.